The van der Waals surface area contributed by atoms with Gasteiger partial charge in [0, 0.05) is 52.9 Å². The smallest absolute Gasteiger partial charge is 0.327 e. The molecule has 0 saturated carbocycles. The van der Waals surface area contributed by atoms with Crippen molar-refractivity contribution >= 4 is 29.9 Å². The van der Waals surface area contributed by atoms with Crippen LogP contribution in [0.1, 0.15) is 37.7 Å². The van der Waals surface area contributed by atoms with Crippen molar-refractivity contribution in [2.75, 3.05) is 52.9 Å². The second kappa shape index (κ2) is 13.0. The molecule has 0 spiro atoms. The third kappa shape index (κ3) is 6.65. The number of nitrogens with one attached hydrogen (secondary N) is 1. The number of piperazine rings is 1. The van der Waals surface area contributed by atoms with Crippen LogP contribution in [-0.4, -0.2) is 118 Å². The molecule has 12 heteroatoms. The van der Waals surface area contributed by atoms with Crippen molar-refractivity contribution in [3.05, 3.63) is 35.9 Å². The fourth-order valence-corrected chi connectivity index (χ4v) is 6.01. The fourth-order valence-electron chi connectivity index (χ4n) is 6.01. The summed E-state index contributed by atoms with van der Waals surface area (Å²) in [7, 11) is 1.78. The van der Waals surface area contributed by atoms with Gasteiger partial charge in [-0.1, -0.05) is 30.3 Å². The van der Waals surface area contributed by atoms with Crippen molar-refractivity contribution in [2.24, 2.45) is 17.6 Å². The number of carbonyl (C=O) groups excluding carboxylic acids is 3. The number of nitrogens with zero attached hydrogens (tertiary/aromatic N) is 5. The van der Waals surface area contributed by atoms with Crippen LogP contribution in [0.25, 0.3) is 0 Å². The van der Waals surface area contributed by atoms with Crippen LogP contribution >= 0.6 is 0 Å². The first kappa shape index (κ1) is 29.2. The summed E-state index contributed by atoms with van der Waals surface area (Å²) in [5, 5.41) is 17.5. The lowest BCUT2D eigenvalue weighted by Gasteiger charge is -2.47. The number of imide groups is 1. The van der Waals surface area contributed by atoms with E-state index in [0.717, 1.165) is 37.0 Å². The van der Waals surface area contributed by atoms with Crippen LogP contribution in [0.4, 0.5) is 9.59 Å². The number of guanidine groups is 1. The Morgan fingerprint density at radius 2 is 1.70 bits per heavy atom. The van der Waals surface area contributed by atoms with E-state index >= 15 is 0 Å². The van der Waals surface area contributed by atoms with E-state index in [9.17, 15) is 24.3 Å². The van der Waals surface area contributed by atoms with E-state index in [1.165, 1.54) is 10.5 Å². The number of carboxylic acids is 1. The Morgan fingerprint density at radius 3 is 2.35 bits per heavy atom. The van der Waals surface area contributed by atoms with Crippen LogP contribution in [-0.2, 0) is 16.0 Å². The number of urea groups is 2. The number of hydrogen-bond donors (Lipinski definition) is 3. The number of β-lactam (4-membered cyclic amide) rings is 1. The minimum absolute atomic E-state index is 0.0249. The van der Waals surface area contributed by atoms with Crippen LogP contribution in [0.15, 0.2) is 30.3 Å². The molecular weight excluding hydrogens is 514 g/mol. The molecule has 0 bridgehead atoms. The van der Waals surface area contributed by atoms with Gasteiger partial charge in [-0.25, -0.2) is 19.3 Å². The number of likely N-dealkylation sites (tertiary alicyclic amines) is 2. The van der Waals surface area contributed by atoms with E-state index in [2.05, 4.69) is 12.1 Å². The summed E-state index contributed by atoms with van der Waals surface area (Å²) < 4.78 is 0. The molecule has 1 aromatic rings. The van der Waals surface area contributed by atoms with E-state index in [0.29, 0.717) is 39.1 Å². The van der Waals surface area contributed by atoms with E-state index in [1.54, 1.807) is 21.7 Å². The number of carboxylic acid groups (broad SMARTS) is 1. The van der Waals surface area contributed by atoms with Gasteiger partial charge in [-0.2, -0.15) is 0 Å². The predicted molar refractivity (Wildman–Crippen MR) is 149 cm³/mol. The molecule has 5 amide bonds. The Bertz CT molecular complexity index is 1090. The van der Waals surface area contributed by atoms with E-state index < -0.39 is 29.9 Å². The SMILES string of the molecule is CN(CCCCc1ccccc1)C(=O)N1CCN(C(=O)N2C(=O)[C@H](C[C@@H]3CCCN(C(=N)N)C3)C2C(=O)O)CC1. The van der Waals surface area contributed by atoms with Crippen molar-refractivity contribution in [1.82, 2.24) is 24.5 Å². The molecule has 3 atom stereocenters. The molecule has 0 aromatic heterocycles. The normalized spacial score (nSPS) is 23.0. The van der Waals surface area contributed by atoms with Crippen molar-refractivity contribution in [1.29, 1.82) is 5.41 Å². The number of aliphatic carboxylic acids is 1. The molecule has 12 nitrogen and oxygen atoms in total. The molecule has 0 aliphatic carbocycles. The summed E-state index contributed by atoms with van der Waals surface area (Å²) >= 11 is 0. The highest BCUT2D eigenvalue weighted by Gasteiger charge is 2.56. The molecule has 218 valence electrons. The Balaban J connectivity index is 1.23. The highest BCUT2D eigenvalue weighted by atomic mass is 16.4. The molecule has 3 aliphatic rings. The molecule has 1 unspecified atom stereocenters. The molecule has 3 aliphatic heterocycles. The topological polar surface area (TPSA) is 155 Å². The third-order valence-electron chi connectivity index (χ3n) is 8.32. The molecule has 40 heavy (non-hydrogen) atoms. The standard InChI is InChI=1S/C28H41N7O5/c1-31(12-6-5-10-20-8-3-2-4-9-20)27(39)32-14-16-33(17-15-32)28(40)35-23(25(37)38)22(24(35)36)18-21-11-7-13-34(19-21)26(29)30/h2-4,8-9,21-23H,5-7,10-19H2,1H3,(H3,29,30)(H,37,38)/t21-,22+,23?/m0/s1. The second-order valence-corrected chi connectivity index (χ2v) is 11.1. The number of amides is 5. The summed E-state index contributed by atoms with van der Waals surface area (Å²) in [6.07, 6.45) is 4.83. The van der Waals surface area contributed by atoms with E-state index in [-0.39, 0.29) is 31.0 Å². The van der Waals surface area contributed by atoms with Gasteiger partial charge in [0.1, 0.15) is 0 Å². The number of nitrogens with two attached hydrogens (primary N) is 1. The largest absolute Gasteiger partial charge is 0.480 e. The van der Waals surface area contributed by atoms with Gasteiger partial charge in [0.05, 0.1) is 5.92 Å². The van der Waals surface area contributed by atoms with Gasteiger partial charge < -0.3 is 30.4 Å². The highest BCUT2D eigenvalue weighted by Crippen LogP contribution is 2.36. The lowest BCUT2D eigenvalue weighted by molar-refractivity contribution is -0.167. The third-order valence-corrected chi connectivity index (χ3v) is 8.32. The Labute approximate surface area is 235 Å². The zero-order valence-corrected chi connectivity index (χ0v) is 23.2. The Morgan fingerprint density at radius 1 is 1.02 bits per heavy atom. The maximum absolute atomic E-state index is 13.2. The van der Waals surface area contributed by atoms with E-state index in [4.69, 9.17) is 11.1 Å². The molecule has 1 aromatic carbocycles. The Hall–Kier alpha value is -3.83. The maximum atomic E-state index is 13.2. The number of rotatable bonds is 8. The number of carbonyl (C=O) groups is 4. The van der Waals surface area contributed by atoms with Gasteiger partial charge >= 0.3 is 18.0 Å². The second-order valence-electron chi connectivity index (χ2n) is 11.1. The Kier molecular flexibility index (Phi) is 9.49. The molecule has 3 heterocycles. The minimum Gasteiger partial charge on any atom is -0.480 e. The average molecular weight is 556 g/mol. The first-order valence-electron chi connectivity index (χ1n) is 14.1. The number of aryl methyl sites for hydroxylation is 1. The van der Waals surface area contributed by atoms with Gasteiger partial charge in [0.2, 0.25) is 5.91 Å². The number of hydrogen-bond acceptors (Lipinski definition) is 5. The molecule has 0 radical (unpaired) electrons. The summed E-state index contributed by atoms with van der Waals surface area (Å²) in [4.78, 5) is 58.6. The zero-order chi connectivity index (χ0) is 28.8. The molecule has 4 rings (SSSR count). The van der Waals surface area contributed by atoms with E-state index in [1.807, 2.05) is 18.2 Å². The zero-order valence-electron chi connectivity index (χ0n) is 23.2. The lowest BCUT2D eigenvalue weighted by atomic mass is 9.78. The van der Waals surface area contributed by atoms with Gasteiger partial charge in [-0.05, 0) is 50.0 Å². The van der Waals surface area contributed by atoms with Crippen molar-refractivity contribution in [2.45, 2.75) is 44.6 Å². The predicted octanol–water partition coefficient (Wildman–Crippen LogP) is 1.71. The summed E-state index contributed by atoms with van der Waals surface area (Å²) in [5.41, 5.74) is 6.89. The highest BCUT2D eigenvalue weighted by molar-refractivity contribution is 6.07. The summed E-state index contributed by atoms with van der Waals surface area (Å²) in [6, 6.07) is 8.34. The fraction of sp³-hybridized carbons (Fsp3) is 0.607. The lowest BCUT2D eigenvalue weighted by Crippen LogP contribution is -2.70. The van der Waals surface area contributed by atoms with Crippen LogP contribution < -0.4 is 5.73 Å². The van der Waals surface area contributed by atoms with Crippen LogP contribution in [0.3, 0.4) is 0 Å². The number of benzene rings is 1. The molecule has 4 N–H and O–H groups in total. The quantitative estimate of drug-likeness (QED) is 0.191. The molecule has 3 fully saturated rings. The maximum Gasteiger partial charge on any atom is 0.327 e. The van der Waals surface area contributed by atoms with Gasteiger partial charge in [0.25, 0.3) is 0 Å². The van der Waals surface area contributed by atoms with Crippen molar-refractivity contribution < 1.29 is 24.3 Å². The van der Waals surface area contributed by atoms with Gasteiger partial charge in [-0.15, -0.1) is 0 Å². The summed E-state index contributed by atoms with van der Waals surface area (Å²) in [5.74, 6) is -2.42. The molecule has 3 saturated heterocycles. The van der Waals surface area contributed by atoms with Gasteiger partial charge in [0.15, 0.2) is 12.0 Å². The first-order chi connectivity index (χ1) is 19.2. The van der Waals surface area contributed by atoms with Gasteiger partial charge in [-0.3, -0.25) is 10.2 Å². The minimum atomic E-state index is -1.20. The first-order valence-corrected chi connectivity index (χ1v) is 14.1. The van der Waals surface area contributed by atoms with Crippen molar-refractivity contribution in [3.63, 3.8) is 0 Å². The average Bonchev–Trinajstić information content (AvgIpc) is 2.96. The number of unbranched alkanes of at least 4 members (excludes halogenated alkanes) is 1. The summed E-state index contributed by atoms with van der Waals surface area (Å²) in [6.45, 7) is 2.95. The van der Waals surface area contributed by atoms with Crippen LogP contribution in [0, 0.1) is 17.2 Å². The van der Waals surface area contributed by atoms with Crippen LogP contribution in [0.5, 0.6) is 0 Å². The monoisotopic (exact) mass is 555 g/mol. The van der Waals surface area contributed by atoms with Crippen molar-refractivity contribution in [3.8, 4) is 0 Å². The number of piperidine rings is 1. The van der Waals surface area contributed by atoms with Crippen LogP contribution in [0.2, 0.25) is 0 Å². The molecular formula is C28H41N7O5.